The molecule has 1 nitrogen and oxygen atoms in total. The number of aromatic hydroxyl groups is 1. The Hall–Kier alpha value is -0.360. The van der Waals surface area contributed by atoms with Crippen molar-refractivity contribution in [2.75, 3.05) is 5.75 Å². The Morgan fingerprint density at radius 3 is 2.00 bits per heavy atom. The molecule has 1 aromatic heterocycles. The minimum Gasteiger partial charge on any atom is -0.507 e. The van der Waals surface area contributed by atoms with Gasteiger partial charge < -0.3 is 5.11 Å². The van der Waals surface area contributed by atoms with Gasteiger partial charge in [-0.25, -0.2) is 0 Å². The molecule has 0 atom stereocenters. The van der Waals surface area contributed by atoms with E-state index in [2.05, 4.69) is 60.6 Å². The van der Waals surface area contributed by atoms with Crippen LogP contribution >= 0.6 is 44.7 Å². The molecule has 1 heterocycles. The molecule has 0 saturated heterocycles. The lowest BCUT2D eigenvalue weighted by atomic mass is 9.78. The predicted molar refractivity (Wildman–Crippen MR) is 132 cm³/mol. The van der Waals surface area contributed by atoms with Crippen molar-refractivity contribution < 1.29 is 5.11 Å². The monoisotopic (exact) mass is 454 g/mol. The van der Waals surface area contributed by atoms with E-state index in [0.717, 1.165) is 26.3 Å². The van der Waals surface area contributed by atoms with Crippen LogP contribution in [0.5, 0.6) is 5.75 Å². The fraction of sp³-hybridized carbons (Fsp3) is 0.609. The molecule has 1 N–H and O–H groups in total. The van der Waals surface area contributed by atoms with E-state index in [0.29, 0.717) is 5.75 Å². The van der Waals surface area contributed by atoms with Gasteiger partial charge in [-0.1, -0.05) is 101 Å². The molecule has 1 aromatic carbocycles. The van der Waals surface area contributed by atoms with Crippen LogP contribution in [0.15, 0.2) is 16.3 Å². The average Bonchev–Trinajstić information content (AvgIpc) is 2.93. The molecule has 5 heteroatoms. The van der Waals surface area contributed by atoms with Crippen molar-refractivity contribution in [3.8, 4) is 16.9 Å². The van der Waals surface area contributed by atoms with Gasteiger partial charge in [-0.15, -0.1) is 11.8 Å². The van der Waals surface area contributed by atoms with Crippen LogP contribution in [0.3, 0.4) is 0 Å². The lowest BCUT2D eigenvalue weighted by molar-refractivity contribution is 0.423. The van der Waals surface area contributed by atoms with E-state index in [9.17, 15) is 5.11 Å². The maximum atomic E-state index is 11.0. The first kappa shape index (κ1) is 23.9. The van der Waals surface area contributed by atoms with Crippen LogP contribution in [-0.2, 0) is 10.8 Å². The maximum absolute atomic E-state index is 11.0. The molecule has 0 aliphatic carbocycles. The Kier molecular flexibility index (Phi) is 8.23. The van der Waals surface area contributed by atoms with Gasteiger partial charge >= 0.3 is 0 Å². The lowest BCUT2D eigenvalue weighted by Crippen LogP contribution is -2.17. The Morgan fingerprint density at radius 2 is 1.50 bits per heavy atom. The van der Waals surface area contributed by atoms with E-state index in [1.807, 2.05) is 11.8 Å². The summed E-state index contributed by atoms with van der Waals surface area (Å²) in [4.78, 5) is 0. The quantitative estimate of drug-likeness (QED) is 0.195. The first-order valence-electron chi connectivity index (χ1n) is 10.1. The van der Waals surface area contributed by atoms with Crippen LogP contribution in [0.4, 0.5) is 0 Å². The molecule has 0 aliphatic rings. The molecule has 156 valence electrons. The molecule has 0 unspecified atom stereocenters. The first-order valence-corrected chi connectivity index (χ1v) is 13.7. The highest BCUT2D eigenvalue weighted by Gasteiger charge is 2.27. The highest BCUT2D eigenvalue weighted by atomic mass is 32.9. The van der Waals surface area contributed by atoms with Gasteiger partial charge in [0.1, 0.15) is 9.57 Å². The molecule has 2 rings (SSSR count). The van der Waals surface area contributed by atoms with Crippen molar-refractivity contribution in [1.82, 2.24) is 0 Å². The number of hydrogen-bond donors (Lipinski definition) is 1. The zero-order chi connectivity index (χ0) is 21.1. The minimum atomic E-state index is -0.130. The molecule has 0 amide bonds. The summed E-state index contributed by atoms with van der Waals surface area (Å²) in [5.74, 6) is 1.58. The zero-order valence-corrected chi connectivity index (χ0v) is 21.5. The summed E-state index contributed by atoms with van der Waals surface area (Å²) in [6.45, 7) is 15.2. The summed E-state index contributed by atoms with van der Waals surface area (Å²) < 4.78 is 2.29. The van der Waals surface area contributed by atoms with Crippen LogP contribution in [0.1, 0.15) is 85.3 Å². The van der Waals surface area contributed by atoms with Crippen LogP contribution < -0.4 is 0 Å². The number of benzene rings is 1. The summed E-state index contributed by atoms with van der Waals surface area (Å²) >= 11 is 7.68. The molecular formula is C23H34OS4. The maximum Gasteiger partial charge on any atom is 0.123 e. The summed E-state index contributed by atoms with van der Waals surface area (Å²) in [5.41, 5.74) is 4.09. The third-order valence-corrected chi connectivity index (χ3v) is 9.54. The predicted octanol–water partition coefficient (Wildman–Crippen LogP) is 9.18. The van der Waals surface area contributed by atoms with Gasteiger partial charge in [0.15, 0.2) is 0 Å². The molecule has 0 spiro atoms. The van der Waals surface area contributed by atoms with Crippen LogP contribution in [0.25, 0.3) is 11.1 Å². The highest BCUT2D eigenvalue weighted by Crippen LogP contribution is 2.46. The van der Waals surface area contributed by atoms with Gasteiger partial charge in [0, 0.05) is 16.7 Å². The number of unbranched alkanes of at least 4 members (excludes halogenated alkanes) is 3. The van der Waals surface area contributed by atoms with Crippen molar-refractivity contribution in [3.63, 3.8) is 0 Å². The fourth-order valence-electron chi connectivity index (χ4n) is 3.19. The third kappa shape index (κ3) is 5.84. The zero-order valence-electron chi connectivity index (χ0n) is 18.3. The Bertz CT molecular complexity index is 812. The van der Waals surface area contributed by atoms with Crippen LogP contribution in [0.2, 0.25) is 0 Å². The molecular weight excluding hydrogens is 421 g/mol. The Morgan fingerprint density at radius 1 is 0.929 bits per heavy atom. The number of thioether (sulfide) groups is 1. The van der Waals surface area contributed by atoms with Crippen LogP contribution in [0, 0.1) is 3.82 Å². The molecule has 2 aromatic rings. The van der Waals surface area contributed by atoms with Crippen molar-refractivity contribution in [2.24, 2.45) is 0 Å². The smallest absolute Gasteiger partial charge is 0.123 e. The van der Waals surface area contributed by atoms with Gasteiger partial charge in [0.05, 0.1) is 4.21 Å². The third-order valence-electron chi connectivity index (χ3n) is 4.85. The van der Waals surface area contributed by atoms with Crippen molar-refractivity contribution >= 4 is 44.7 Å². The van der Waals surface area contributed by atoms with Gasteiger partial charge in [-0.2, -0.15) is 0 Å². The Labute approximate surface area is 188 Å². The van der Waals surface area contributed by atoms with E-state index in [1.165, 1.54) is 35.5 Å². The van der Waals surface area contributed by atoms with Crippen molar-refractivity contribution in [2.45, 2.75) is 89.2 Å². The van der Waals surface area contributed by atoms with E-state index in [-0.39, 0.29) is 10.8 Å². The van der Waals surface area contributed by atoms with Gasteiger partial charge in [-0.3, -0.25) is 0 Å². The second kappa shape index (κ2) is 9.63. The van der Waals surface area contributed by atoms with E-state index in [4.69, 9.17) is 12.2 Å². The fourth-order valence-corrected chi connectivity index (χ4v) is 7.77. The van der Waals surface area contributed by atoms with E-state index in [1.54, 1.807) is 20.7 Å². The van der Waals surface area contributed by atoms with E-state index < -0.39 is 0 Å². The van der Waals surface area contributed by atoms with Crippen molar-refractivity contribution in [1.29, 1.82) is 0 Å². The average molecular weight is 455 g/mol. The lowest BCUT2D eigenvalue weighted by Gasteiger charge is -2.28. The van der Waals surface area contributed by atoms with E-state index >= 15 is 0 Å². The highest BCUT2D eigenvalue weighted by molar-refractivity contribution is 8.03. The molecule has 0 bridgehead atoms. The van der Waals surface area contributed by atoms with Gasteiger partial charge in [0.25, 0.3) is 0 Å². The molecule has 0 aliphatic heterocycles. The molecule has 28 heavy (non-hydrogen) atoms. The van der Waals surface area contributed by atoms with Gasteiger partial charge in [-0.05, 0) is 40.7 Å². The summed E-state index contributed by atoms with van der Waals surface area (Å²) in [7, 11) is 3.50. The summed E-state index contributed by atoms with van der Waals surface area (Å²) in [5, 5.41) is 11.0. The number of phenolic OH excluding ortho intramolecular Hbond substituents is 1. The Balaban J connectivity index is 2.51. The molecule has 0 radical (unpaired) electrons. The number of phenols is 1. The second-order valence-corrected chi connectivity index (χ2v) is 13.6. The summed E-state index contributed by atoms with van der Waals surface area (Å²) in [6.07, 6.45) is 5.14. The number of rotatable bonds is 7. The SMILES string of the molecule is CCCCCCSc1ssc(=S)c1-c1cc(C(C)(C)C)c(O)c(C(C)(C)C)c1. The number of hydrogen-bond acceptors (Lipinski definition) is 5. The van der Waals surface area contributed by atoms with Gasteiger partial charge in [0.2, 0.25) is 0 Å². The standard InChI is InChI=1S/C23H34OS4/c1-8-9-10-11-12-26-21-18(20(25)27-28-21)15-13-16(22(2,3)4)19(24)17(14-15)23(5,6)7/h13-14,24H,8-12H2,1-7H3. The largest absolute Gasteiger partial charge is 0.507 e. The normalized spacial score (nSPS) is 12.5. The topological polar surface area (TPSA) is 20.2 Å². The summed E-state index contributed by atoms with van der Waals surface area (Å²) in [6, 6.07) is 4.33. The van der Waals surface area contributed by atoms with Crippen molar-refractivity contribution in [3.05, 3.63) is 27.1 Å². The minimum absolute atomic E-state index is 0.130. The first-order chi connectivity index (χ1) is 13.0. The molecule has 0 fully saturated rings. The second-order valence-electron chi connectivity index (χ2n) is 9.45. The molecule has 0 saturated carbocycles. The van der Waals surface area contributed by atoms with Crippen LogP contribution in [-0.4, -0.2) is 10.9 Å².